The lowest BCUT2D eigenvalue weighted by Crippen LogP contribution is -2.39. The van der Waals surface area contributed by atoms with Crippen molar-refractivity contribution in [3.8, 4) is 23.3 Å². The summed E-state index contributed by atoms with van der Waals surface area (Å²) < 4.78 is 22.6. The van der Waals surface area contributed by atoms with Crippen LogP contribution in [-0.2, 0) is 0 Å². The molecule has 0 spiro atoms. The highest BCUT2D eigenvalue weighted by Crippen LogP contribution is 2.32. The number of aromatic nitrogens is 2. The molecule has 0 unspecified atom stereocenters. The first kappa shape index (κ1) is 19.8. The number of aryl methyl sites for hydroxylation is 1. The van der Waals surface area contributed by atoms with Gasteiger partial charge < -0.3 is 18.9 Å². The lowest BCUT2D eigenvalue weighted by Gasteiger charge is -2.36. The van der Waals surface area contributed by atoms with Gasteiger partial charge in [-0.3, -0.25) is 4.90 Å². The molecule has 1 saturated heterocycles. The Labute approximate surface area is 172 Å². The Hall–Kier alpha value is -2.54. The highest BCUT2D eigenvalue weighted by molar-refractivity contribution is 5.36. The monoisotopic (exact) mass is 399 g/mol. The van der Waals surface area contributed by atoms with Crippen molar-refractivity contribution in [3.63, 3.8) is 0 Å². The van der Waals surface area contributed by atoms with E-state index in [2.05, 4.69) is 16.8 Å². The molecule has 29 heavy (non-hydrogen) atoms. The van der Waals surface area contributed by atoms with Crippen molar-refractivity contribution in [2.75, 3.05) is 40.0 Å². The summed E-state index contributed by atoms with van der Waals surface area (Å²) in [6.07, 6.45) is 2.32. The Balaban J connectivity index is 1.37. The van der Waals surface area contributed by atoms with E-state index in [4.69, 9.17) is 23.9 Å². The molecule has 2 aromatic heterocycles. The summed E-state index contributed by atoms with van der Waals surface area (Å²) in [5.74, 6) is 3.22. The van der Waals surface area contributed by atoms with Crippen LogP contribution in [0, 0.1) is 12.8 Å². The first-order valence-electron chi connectivity index (χ1n) is 10.3. The minimum absolute atomic E-state index is 0.219. The molecule has 1 fully saturated rings. The van der Waals surface area contributed by atoms with Gasteiger partial charge in [-0.25, -0.2) is 9.97 Å². The van der Waals surface area contributed by atoms with Crippen LogP contribution in [0.15, 0.2) is 24.3 Å². The van der Waals surface area contributed by atoms with Crippen molar-refractivity contribution in [1.82, 2.24) is 14.9 Å². The number of ether oxygens (including phenoxy) is 4. The zero-order valence-corrected chi connectivity index (χ0v) is 17.4. The summed E-state index contributed by atoms with van der Waals surface area (Å²) in [6.45, 7) is 8.03. The molecule has 4 rings (SSSR count). The zero-order chi connectivity index (χ0) is 20.2. The number of nitrogens with zero attached hydrogens (tertiary/aromatic N) is 3. The molecule has 0 aliphatic carbocycles. The maximum Gasteiger partial charge on any atom is 0.257 e. The van der Waals surface area contributed by atoms with Gasteiger partial charge in [-0.1, -0.05) is 0 Å². The van der Waals surface area contributed by atoms with Crippen LogP contribution in [0.25, 0.3) is 0 Å². The molecule has 0 amide bonds. The summed E-state index contributed by atoms with van der Waals surface area (Å²) in [5, 5.41) is 0. The third-order valence-corrected chi connectivity index (χ3v) is 5.55. The van der Waals surface area contributed by atoms with Crippen molar-refractivity contribution in [1.29, 1.82) is 0 Å². The molecule has 2 aromatic rings. The van der Waals surface area contributed by atoms with E-state index in [1.807, 2.05) is 31.2 Å². The van der Waals surface area contributed by atoms with Crippen molar-refractivity contribution >= 4 is 0 Å². The summed E-state index contributed by atoms with van der Waals surface area (Å²) in [7, 11) is 1.62. The molecule has 0 N–H and O–H groups in total. The van der Waals surface area contributed by atoms with E-state index < -0.39 is 0 Å². The van der Waals surface area contributed by atoms with E-state index in [1.165, 1.54) is 6.42 Å². The van der Waals surface area contributed by atoms with Crippen LogP contribution < -0.4 is 18.9 Å². The average molecular weight is 399 g/mol. The number of rotatable bonds is 6. The van der Waals surface area contributed by atoms with Crippen LogP contribution in [0.3, 0.4) is 0 Å². The Morgan fingerprint density at radius 3 is 2.93 bits per heavy atom. The van der Waals surface area contributed by atoms with Crippen LogP contribution in [0.2, 0.25) is 0 Å². The van der Waals surface area contributed by atoms with Crippen molar-refractivity contribution in [2.45, 2.75) is 32.7 Å². The predicted octanol–water partition coefficient (Wildman–Crippen LogP) is 3.42. The number of likely N-dealkylation sites (tertiary alicyclic amines) is 1. The molecule has 2 atom stereocenters. The van der Waals surface area contributed by atoms with Crippen molar-refractivity contribution < 1.29 is 18.9 Å². The fourth-order valence-electron chi connectivity index (χ4n) is 3.96. The quantitative estimate of drug-likeness (QED) is 0.737. The molecule has 2 aliphatic heterocycles. The second-order valence-electron chi connectivity index (χ2n) is 7.71. The van der Waals surface area contributed by atoms with E-state index >= 15 is 0 Å². The maximum absolute atomic E-state index is 6.08. The highest BCUT2D eigenvalue weighted by Gasteiger charge is 2.26. The fraction of sp³-hybridized carbons (Fsp3) is 0.545. The fourth-order valence-corrected chi connectivity index (χ4v) is 3.96. The third kappa shape index (κ3) is 4.72. The second kappa shape index (κ2) is 8.86. The smallest absolute Gasteiger partial charge is 0.257 e. The molecule has 0 bridgehead atoms. The van der Waals surface area contributed by atoms with E-state index in [0.717, 1.165) is 42.4 Å². The van der Waals surface area contributed by atoms with E-state index in [9.17, 15) is 0 Å². The van der Waals surface area contributed by atoms with Crippen molar-refractivity contribution in [3.05, 3.63) is 35.7 Å². The van der Waals surface area contributed by atoms with Gasteiger partial charge in [0, 0.05) is 36.3 Å². The van der Waals surface area contributed by atoms with Crippen LogP contribution >= 0.6 is 0 Å². The van der Waals surface area contributed by atoms with Crippen molar-refractivity contribution in [2.24, 2.45) is 5.92 Å². The number of fused-ring (bicyclic) bond motifs is 1. The maximum atomic E-state index is 6.08. The Morgan fingerprint density at radius 2 is 2.07 bits per heavy atom. The molecular weight excluding hydrogens is 370 g/mol. The first-order valence-corrected chi connectivity index (χ1v) is 10.3. The van der Waals surface area contributed by atoms with Gasteiger partial charge in [0.1, 0.15) is 19.0 Å². The molecule has 7 nitrogen and oxygen atoms in total. The van der Waals surface area contributed by atoms with Crippen LogP contribution in [-0.4, -0.2) is 54.9 Å². The highest BCUT2D eigenvalue weighted by atomic mass is 16.6. The molecule has 156 valence electrons. The molecule has 0 radical (unpaired) electrons. The third-order valence-electron chi connectivity index (χ3n) is 5.55. The van der Waals surface area contributed by atoms with E-state index in [0.29, 0.717) is 37.5 Å². The number of pyridine rings is 2. The first-order chi connectivity index (χ1) is 14.1. The summed E-state index contributed by atoms with van der Waals surface area (Å²) in [4.78, 5) is 11.5. The zero-order valence-electron chi connectivity index (χ0n) is 17.4. The standard InChI is InChI=1S/C22H29N3O4/c1-15-11-18(12-21(23-15)26-3)29-14-17-5-4-8-25(13-17)16(2)19-6-7-20-22(24-19)28-10-9-27-20/h6-7,11-12,16-17H,4-5,8-10,13-14H2,1-3H3/t16-,17-/m0/s1. The van der Waals surface area contributed by atoms with Gasteiger partial charge in [-0.15, -0.1) is 0 Å². The molecular formula is C22H29N3O4. The van der Waals surface area contributed by atoms with Gasteiger partial charge in [0.25, 0.3) is 5.88 Å². The SMILES string of the molecule is COc1cc(OC[C@H]2CCCN([C@@H](C)c3ccc4c(n3)OCCO4)C2)cc(C)n1. The minimum atomic E-state index is 0.219. The van der Waals surface area contributed by atoms with Gasteiger partial charge in [-0.05, 0) is 45.4 Å². The predicted molar refractivity (Wildman–Crippen MR) is 109 cm³/mol. The minimum Gasteiger partial charge on any atom is -0.493 e. The van der Waals surface area contributed by atoms with Crippen LogP contribution in [0.1, 0.15) is 37.2 Å². The number of hydrogen-bond donors (Lipinski definition) is 0. The Morgan fingerprint density at radius 1 is 1.21 bits per heavy atom. The molecule has 2 aliphatic rings. The molecule has 0 saturated carbocycles. The molecule has 0 aromatic carbocycles. The van der Waals surface area contributed by atoms with E-state index in [-0.39, 0.29) is 6.04 Å². The number of piperidine rings is 1. The van der Waals surface area contributed by atoms with Gasteiger partial charge in [0.15, 0.2) is 5.75 Å². The van der Waals surface area contributed by atoms with Crippen LogP contribution in [0.4, 0.5) is 0 Å². The number of hydrogen-bond acceptors (Lipinski definition) is 7. The van der Waals surface area contributed by atoms with Gasteiger partial charge in [0.2, 0.25) is 5.88 Å². The number of methoxy groups -OCH3 is 1. The van der Waals surface area contributed by atoms with Gasteiger partial charge in [-0.2, -0.15) is 0 Å². The molecule has 4 heterocycles. The summed E-state index contributed by atoms with van der Waals surface area (Å²) in [5.41, 5.74) is 1.91. The summed E-state index contributed by atoms with van der Waals surface area (Å²) in [6, 6.07) is 8.03. The second-order valence-corrected chi connectivity index (χ2v) is 7.71. The summed E-state index contributed by atoms with van der Waals surface area (Å²) >= 11 is 0. The largest absolute Gasteiger partial charge is 0.493 e. The lowest BCUT2D eigenvalue weighted by atomic mass is 9.97. The topological polar surface area (TPSA) is 65.9 Å². The lowest BCUT2D eigenvalue weighted by molar-refractivity contribution is 0.0980. The average Bonchev–Trinajstić information content (AvgIpc) is 2.76. The van der Waals surface area contributed by atoms with E-state index in [1.54, 1.807) is 7.11 Å². The molecule has 7 heteroatoms. The Kier molecular flexibility index (Phi) is 6.04. The van der Waals surface area contributed by atoms with Crippen LogP contribution in [0.5, 0.6) is 23.3 Å². The van der Waals surface area contributed by atoms with Gasteiger partial charge >= 0.3 is 0 Å². The normalized spacial score (nSPS) is 20.2. The van der Waals surface area contributed by atoms with Gasteiger partial charge in [0.05, 0.1) is 19.4 Å². The Bertz CT molecular complexity index is 845.